The van der Waals surface area contributed by atoms with E-state index in [1.165, 1.54) is 11.1 Å². The first-order chi connectivity index (χ1) is 12.1. The van der Waals surface area contributed by atoms with Crippen molar-refractivity contribution in [2.24, 2.45) is 0 Å². The second-order valence-electron chi connectivity index (χ2n) is 6.30. The third kappa shape index (κ3) is 3.99. The van der Waals surface area contributed by atoms with Crippen LogP contribution < -0.4 is 10.6 Å². The lowest BCUT2D eigenvalue weighted by Gasteiger charge is -2.29. The number of aryl methyl sites for hydroxylation is 1. The van der Waals surface area contributed by atoms with Gasteiger partial charge >= 0.3 is 6.03 Å². The van der Waals surface area contributed by atoms with Crippen molar-refractivity contribution in [3.05, 3.63) is 59.2 Å². The third-order valence-electron chi connectivity index (χ3n) is 4.49. The van der Waals surface area contributed by atoms with E-state index < -0.39 is 0 Å². The topological polar surface area (TPSA) is 61.4 Å². The lowest BCUT2D eigenvalue weighted by molar-refractivity contribution is -0.115. The normalized spacial score (nSPS) is 13.1. The molecule has 0 unspecified atom stereocenters. The Morgan fingerprint density at radius 2 is 1.84 bits per heavy atom. The molecule has 0 bridgehead atoms. The molecule has 1 heterocycles. The Balaban J connectivity index is 1.65. The van der Waals surface area contributed by atoms with Gasteiger partial charge in [-0.1, -0.05) is 31.2 Å². The Bertz CT molecular complexity index is 801. The van der Waals surface area contributed by atoms with E-state index in [1.54, 1.807) is 0 Å². The molecule has 3 amide bonds. The first kappa shape index (κ1) is 17.0. The van der Waals surface area contributed by atoms with Gasteiger partial charge in [-0.3, -0.25) is 4.79 Å². The number of nitrogens with zero attached hydrogens (tertiary/aromatic N) is 1. The number of nitrogens with one attached hydrogen (secondary N) is 2. The van der Waals surface area contributed by atoms with E-state index in [2.05, 4.69) is 22.8 Å². The van der Waals surface area contributed by atoms with Crippen LogP contribution in [0.5, 0.6) is 0 Å². The maximum absolute atomic E-state index is 12.5. The Labute approximate surface area is 148 Å². The summed E-state index contributed by atoms with van der Waals surface area (Å²) in [6.07, 6.45) is 1.32. The second kappa shape index (κ2) is 7.38. The van der Waals surface area contributed by atoms with Crippen LogP contribution in [0.1, 0.15) is 30.0 Å². The fourth-order valence-corrected chi connectivity index (χ4v) is 2.99. The Hall–Kier alpha value is -2.82. The van der Waals surface area contributed by atoms with Gasteiger partial charge in [-0.2, -0.15) is 0 Å². The summed E-state index contributed by atoms with van der Waals surface area (Å²) in [5.41, 5.74) is 4.95. The zero-order chi connectivity index (χ0) is 17.8. The molecule has 0 atom stereocenters. The van der Waals surface area contributed by atoms with Gasteiger partial charge in [0.25, 0.3) is 0 Å². The molecule has 0 aliphatic carbocycles. The Kier molecular flexibility index (Phi) is 5.03. The van der Waals surface area contributed by atoms with Crippen LogP contribution >= 0.6 is 0 Å². The fourth-order valence-electron chi connectivity index (χ4n) is 2.99. The molecule has 3 rings (SSSR count). The van der Waals surface area contributed by atoms with E-state index >= 15 is 0 Å². The van der Waals surface area contributed by atoms with Gasteiger partial charge in [-0.25, -0.2) is 4.79 Å². The van der Waals surface area contributed by atoms with Crippen LogP contribution in [-0.4, -0.2) is 23.4 Å². The summed E-state index contributed by atoms with van der Waals surface area (Å²) in [6.45, 7) is 5.08. The molecule has 0 spiro atoms. The maximum atomic E-state index is 12.5. The number of urea groups is 1. The predicted octanol–water partition coefficient (Wildman–Crippen LogP) is 3.93. The molecule has 5 heteroatoms. The fraction of sp³-hybridized carbons (Fsp3) is 0.300. The Morgan fingerprint density at radius 1 is 1.08 bits per heavy atom. The number of hydrogen-bond donors (Lipinski definition) is 2. The van der Waals surface area contributed by atoms with Gasteiger partial charge in [0.05, 0.1) is 0 Å². The molecule has 2 aromatic rings. The zero-order valence-corrected chi connectivity index (χ0v) is 14.6. The van der Waals surface area contributed by atoms with E-state index in [-0.39, 0.29) is 11.9 Å². The highest BCUT2D eigenvalue weighted by Crippen LogP contribution is 2.22. The number of carbonyl (C=O) groups excluding carboxylic acids is 2. The number of benzene rings is 2. The summed E-state index contributed by atoms with van der Waals surface area (Å²) in [6, 6.07) is 13.7. The summed E-state index contributed by atoms with van der Waals surface area (Å²) in [5, 5.41) is 5.80. The number of fused-ring (bicyclic) bond motifs is 1. The average Bonchev–Trinajstić information content (AvgIpc) is 2.63. The summed E-state index contributed by atoms with van der Waals surface area (Å²) in [4.78, 5) is 25.9. The van der Waals surface area contributed by atoms with E-state index in [0.29, 0.717) is 19.5 Å². The van der Waals surface area contributed by atoms with Gasteiger partial charge < -0.3 is 15.5 Å². The molecule has 0 aromatic heterocycles. The van der Waals surface area contributed by atoms with Crippen molar-refractivity contribution in [3.63, 3.8) is 0 Å². The van der Waals surface area contributed by atoms with Crippen molar-refractivity contribution in [1.29, 1.82) is 0 Å². The van der Waals surface area contributed by atoms with Crippen LogP contribution in [-0.2, 0) is 17.8 Å². The van der Waals surface area contributed by atoms with Gasteiger partial charge in [0.1, 0.15) is 0 Å². The van der Waals surface area contributed by atoms with E-state index in [9.17, 15) is 9.59 Å². The standard InChI is InChI=1S/C20H23N3O2/c1-3-19(24)22-18-9-8-17(12-14(18)2)21-20(25)23-11-10-15-6-4-5-7-16(15)13-23/h4-9,12H,3,10-11,13H2,1-2H3,(H,21,25)(H,22,24). The quantitative estimate of drug-likeness (QED) is 0.891. The van der Waals surface area contributed by atoms with Crippen molar-refractivity contribution in [2.75, 3.05) is 17.2 Å². The first-order valence-electron chi connectivity index (χ1n) is 8.60. The minimum atomic E-state index is -0.0979. The van der Waals surface area contributed by atoms with Gasteiger partial charge in [0.2, 0.25) is 5.91 Å². The highest BCUT2D eigenvalue weighted by Gasteiger charge is 2.20. The number of anilines is 2. The van der Waals surface area contributed by atoms with Gasteiger partial charge in [-0.15, -0.1) is 0 Å². The van der Waals surface area contributed by atoms with Crippen molar-refractivity contribution < 1.29 is 9.59 Å². The van der Waals surface area contributed by atoms with Crippen LogP contribution in [0.2, 0.25) is 0 Å². The molecular weight excluding hydrogens is 314 g/mol. The lowest BCUT2D eigenvalue weighted by Crippen LogP contribution is -2.38. The first-order valence-corrected chi connectivity index (χ1v) is 8.60. The van der Waals surface area contributed by atoms with Gasteiger partial charge in [0, 0.05) is 30.9 Å². The molecule has 1 aliphatic rings. The smallest absolute Gasteiger partial charge is 0.322 e. The molecule has 0 saturated carbocycles. The largest absolute Gasteiger partial charge is 0.326 e. The van der Waals surface area contributed by atoms with Gasteiger partial charge in [0.15, 0.2) is 0 Å². The molecule has 130 valence electrons. The maximum Gasteiger partial charge on any atom is 0.322 e. The SMILES string of the molecule is CCC(=O)Nc1ccc(NC(=O)N2CCc3ccccc3C2)cc1C. The molecular formula is C20H23N3O2. The minimum Gasteiger partial charge on any atom is -0.326 e. The van der Waals surface area contributed by atoms with E-state index in [4.69, 9.17) is 0 Å². The van der Waals surface area contributed by atoms with Crippen LogP contribution in [0, 0.1) is 6.92 Å². The zero-order valence-electron chi connectivity index (χ0n) is 14.6. The monoisotopic (exact) mass is 337 g/mol. The number of rotatable bonds is 3. The third-order valence-corrected chi connectivity index (χ3v) is 4.49. The summed E-state index contributed by atoms with van der Waals surface area (Å²) in [5.74, 6) is -0.0214. The van der Waals surface area contributed by atoms with E-state index in [1.807, 2.05) is 49.1 Å². The lowest BCUT2D eigenvalue weighted by atomic mass is 10.0. The van der Waals surface area contributed by atoms with Crippen LogP contribution in [0.3, 0.4) is 0 Å². The summed E-state index contributed by atoms with van der Waals surface area (Å²) < 4.78 is 0. The molecule has 0 fully saturated rings. The molecule has 0 radical (unpaired) electrons. The van der Waals surface area contributed by atoms with Crippen molar-refractivity contribution >= 4 is 23.3 Å². The van der Waals surface area contributed by atoms with Crippen LogP contribution in [0.4, 0.5) is 16.2 Å². The summed E-state index contributed by atoms with van der Waals surface area (Å²) >= 11 is 0. The van der Waals surface area contributed by atoms with Crippen molar-refractivity contribution in [1.82, 2.24) is 4.90 Å². The van der Waals surface area contributed by atoms with E-state index in [0.717, 1.165) is 23.4 Å². The number of hydrogen-bond acceptors (Lipinski definition) is 2. The highest BCUT2D eigenvalue weighted by molar-refractivity contribution is 5.93. The Morgan fingerprint density at radius 3 is 2.56 bits per heavy atom. The second-order valence-corrected chi connectivity index (χ2v) is 6.30. The molecule has 2 N–H and O–H groups in total. The average molecular weight is 337 g/mol. The molecule has 5 nitrogen and oxygen atoms in total. The summed E-state index contributed by atoms with van der Waals surface area (Å²) in [7, 11) is 0. The molecule has 0 saturated heterocycles. The molecule has 2 aromatic carbocycles. The van der Waals surface area contributed by atoms with Crippen LogP contribution in [0.15, 0.2) is 42.5 Å². The number of amides is 3. The molecule has 1 aliphatic heterocycles. The van der Waals surface area contributed by atoms with Gasteiger partial charge in [-0.05, 0) is 48.2 Å². The molecule has 25 heavy (non-hydrogen) atoms. The van der Waals surface area contributed by atoms with Crippen molar-refractivity contribution in [3.8, 4) is 0 Å². The minimum absolute atomic E-state index is 0.0214. The van der Waals surface area contributed by atoms with Crippen molar-refractivity contribution in [2.45, 2.75) is 33.2 Å². The number of carbonyl (C=O) groups is 2. The predicted molar refractivity (Wildman–Crippen MR) is 99.7 cm³/mol. The van der Waals surface area contributed by atoms with Crippen LogP contribution in [0.25, 0.3) is 0 Å². The highest BCUT2D eigenvalue weighted by atomic mass is 16.2.